The van der Waals surface area contributed by atoms with Crippen molar-refractivity contribution in [2.75, 3.05) is 4.90 Å². The molecule has 0 radical (unpaired) electrons. The first-order chi connectivity index (χ1) is 27.3. The number of rotatable bonds is 6. The molecule has 0 aliphatic rings. The number of benzene rings is 9. The van der Waals surface area contributed by atoms with E-state index in [1.54, 1.807) is 0 Å². The molecule has 0 saturated carbocycles. The van der Waals surface area contributed by atoms with Gasteiger partial charge in [-0.25, -0.2) is 0 Å². The SMILES string of the molecule is c1ccc(-n2c3ccccc3c3cc(-c4ccc(N(c5ccc6c(c5)[se]c5ccccc56)c5ccccc5-c5cccc6ccccc56)cc4)ccc32)cc1. The fourth-order valence-corrected chi connectivity index (χ4v) is 10.8. The van der Waals surface area contributed by atoms with E-state index in [1.807, 2.05) is 0 Å². The molecule has 0 spiro atoms. The third-order valence-corrected chi connectivity index (χ3v) is 13.4. The van der Waals surface area contributed by atoms with E-state index in [0.29, 0.717) is 0 Å². The van der Waals surface area contributed by atoms with Crippen molar-refractivity contribution in [1.29, 1.82) is 0 Å². The van der Waals surface area contributed by atoms with Crippen LogP contribution < -0.4 is 4.90 Å². The summed E-state index contributed by atoms with van der Waals surface area (Å²) in [6.45, 7) is 0. The second kappa shape index (κ2) is 13.0. The monoisotopic (exact) mass is 766 g/mol. The predicted molar refractivity (Wildman–Crippen MR) is 236 cm³/mol. The van der Waals surface area contributed by atoms with Crippen LogP contribution in [0.5, 0.6) is 0 Å². The van der Waals surface area contributed by atoms with Gasteiger partial charge in [0.25, 0.3) is 0 Å². The average molecular weight is 766 g/mol. The van der Waals surface area contributed by atoms with Gasteiger partial charge in [-0.1, -0.05) is 36.4 Å². The van der Waals surface area contributed by atoms with Gasteiger partial charge in [-0.3, -0.25) is 0 Å². The van der Waals surface area contributed by atoms with E-state index in [9.17, 15) is 0 Å². The molecular weight excluding hydrogens is 732 g/mol. The number of para-hydroxylation sites is 3. The van der Waals surface area contributed by atoms with E-state index >= 15 is 0 Å². The minimum atomic E-state index is 0.259. The van der Waals surface area contributed by atoms with Gasteiger partial charge in [0.05, 0.1) is 5.52 Å². The zero-order valence-corrected chi connectivity index (χ0v) is 31.6. The molecule has 0 fully saturated rings. The first kappa shape index (κ1) is 31.8. The van der Waals surface area contributed by atoms with Crippen LogP contribution in [-0.4, -0.2) is 19.1 Å². The summed E-state index contributed by atoms with van der Waals surface area (Å²) in [6, 6.07) is 75.6. The minimum Gasteiger partial charge on any atom is -0.0602 e. The standard InChI is InChI=1S/C52H34N2Se/c1-2-15-38(16-3-1)54-49-23-10-7-19-44(49)47-33-37(27-32-50(47)54)35-25-28-39(29-26-35)53(40-30-31-46-45-20-8-11-24-51(45)55-52(46)34-40)48-22-9-6-18-43(48)42-21-12-14-36-13-4-5-17-41(36)42/h1-34H. The molecule has 0 amide bonds. The Morgan fingerprint density at radius 2 is 1.00 bits per heavy atom. The molecule has 3 heteroatoms. The van der Waals surface area contributed by atoms with Gasteiger partial charge in [0.1, 0.15) is 0 Å². The fraction of sp³-hybridized carbons (Fsp3) is 0. The van der Waals surface area contributed by atoms with Crippen LogP contribution >= 0.6 is 0 Å². The van der Waals surface area contributed by atoms with E-state index in [0.717, 1.165) is 11.4 Å². The Kier molecular flexibility index (Phi) is 7.55. The maximum absolute atomic E-state index is 2.46. The van der Waals surface area contributed by atoms with Crippen molar-refractivity contribution in [2.24, 2.45) is 0 Å². The number of hydrogen-bond acceptors (Lipinski definition) is 1. The Morgan fingerprint density at radius 3 is 1.89 bits per heavy atom. The molecule has 0 N–H and O–H groups in total. The van der Waals surface area contributed by atoms with E-state index in [2.05, 4.69) is 216 Å². The van der Waals surface area contributed by atoms with Crippen molar-refractivity contribution in [3.8, 4) is 27.9 Å². The van der Waals surface area contributed by atoms with Gasteiger partial charge in [0.2, 0.25) is 0 Å². The van der Waals surface area contributed by atoms with Gasteiger partial charge < -0.3 is 4.57 Å². The second-order valence-corrected chi connectivity index (χ2v) is 16.4. The van der Waals surface area contributed by atoms with E-state index < -0.39 is 0 Å². The molecule has 9 aromatic carbocycles. The Bertz CT molecular complexity index is 3200. The van der Waals surface area contributed by atoms with Gasteiger partial charge in [-0.05, 0) is 18.2 Å². The summed E-state index contributed by atoms with van der Waals surface area (Å²) in [5, 5.41) is 7.75. The van der Waals surface area contributed by atoms with Gasteiger partial charge in [-0.15, -0.1) is 0 Å². The smallest absolute Gasteiger partial charge is 0.0602 e. The minimum absolute atomic E-state index is 0.259. The molecule has 258 valence electrons. The average Bonchev–Trinajstić information content (AvgIpc) is 3.79. The van der Waals surface area contributed by atoms with Gasteiger partial charge >= 0.3 is 257 Å². The van der Waals surface area contributed by atoms with E-state index in [-0.39, 0.29) is 14.5 Å². The molecule has 2 nitrogen and oxygen atoms in total. The van der Waals surface area contributed by atoms with Crippen molar-refractivity contribution >= 4 is 83.4 Å². The number of fused-ring (bicyclic) bond motifs is 7. The Morgan fingerprint density at radius 1 is 0.364 bits per heavy atom. The first-order valence-electron chi connectivity index (χ1n) is 18.8. The molecule has 0 unspecified atom stereocenters. The number of nitrogens with zero attached hydrogens (tertiary/aromatic N) is 2. The molecule has 0 bridgehead atoms. The molecule has 0 aliphatic heterocycles. The zero-order chi connectivity index (χ0) is 36.3. The van der Waals surface area contributed by atoms with Crippen molar-refractivity contribution in [2.45, 2.75) is 0 Å². The zero-order valence-electron chi connectivity index (χ0n) is 29.9. The summed E-state index contributed by atoms with van der Waals surface area (Å²) in [6.07, 6.45) is 0. The number of hydrogen-bond donors (Lipinski definition) is 0. The van der Waals surface area contributed by atoms with Gasteiger partial charge in [0, 0.05) is 5.69 Å². The summed E-state index contributed by atoms with van der Waals surface area (Å²) >= 11 is 0.259. The fourth-order valence-electron chi connectivity index (χ4n) is 8.45. The topological polar surface area (TPSA) is 8.17 Å². The van der Waals surface area contributed by atoms with Gasteiger partial charge in [0.15, 0.2) is 0 Å². The maximum atomic E-state index is 2.46. The summed E-state index contributed by atoms with van der Waals surface area (Å²) in [4.78, 5) is 2.46. The quantitative estimate of drug-likeness (QED) is 0.153. The van der Waals surface area contributed by atoms with Crippen LogP contribution in [0.15, 0.2) is 206 Å². The van der Waals surface area contributed by atoms with Crippen molar-refractivity contribution in [3.63, 3.8) is 0 Å². The third-order valence-electron chi connectivity index (χ3n) is 11.0. The van der Waals surface area contributed by atoms with Gasteiger partial charge in [-0.2, -0.15) is 0 Å². The number of aromatic nitrogens is 1. The van der Waals surface area contributed by atoms with Crippen LogP contribution in [0.25, 0.3) is 79.8 Å². The molecule has 0 aliphatic carbocycles. The molecule has 2 heterocycles. The van der Waals surface area contributed by atoms with Crippen molar-refractivity contribution < 1.29 is 0 Å². The molecular formula is C52H34N2Se. The van der Waals surface area contributed by atoms with Crippen LogP contribution in [-0.2, 0) is 0 Å². The first-order valence-corrected chi connectivity index (χ1v) is 20.5. The summed E-state index contributed by atoms with van der Waals surface area (Å²) in [5.74, 6) is 0. The summed E-state index contributed by atoms with van der Waals surface area (Å²) < 4.78 is 5.26. The summed E-state index contributed by atoms with van der Waals surface area (Å²) in [5.41, 5.74) is 11.9. The van der Waals surface area contributed by atoms with Crippen LogP contribution in [0.2, 0.25) is 0 Å². The van der Waals surface area contributed by atoms with Crippen molar-refractivity contribution in [3.05, 3.63) is 206 Å². The van der Waals surface area contributed by atoms with Crippen molar-refractivity contribution in [1.82, 2.24) is 4.57 Å². The van der Waals surface area contributed by atoms with Crippen LogP contribution in [0.1, 0.15) is 0 Å². The Hall–Kier alpha value is -6.64. The summed E-state index contributed by atoms with van der Waals surface area (Å²) in [7, 11) is 0. The molecule has 0 saturated heterocycles. The van der Waals surface area contributed by atoms with E-state index in [1.165, 1.54) is 85.5 Å². The second-order valence-electron chi connectivity index (χ2n) is 14.1. The number of anilines is 3. The predicted octanol–water partition coefficient (Wildman–Crippen LogP) is 14.1. The third kappa shape index (κ3) is 5.32. The molecule has 55 heavy (non-hydrogen) atoms. The van der Waals surface area contributed by atoms with E-state index in [4.69, 9.17) is 0 Å². The molecule has 2 aromatic heterocycles. The Balaban J connectivity index is 1.07. The Labute approximate surface area is 325 Å². The molecule has 11 rings (SSSR count). The normalized spacial score (nSPS) is 11.6. The molecule has 0 atom stereocenters. The van der Waals surface area contributed by atoms with Crippen LogP contribution in [0.4, 0.5) is 17.1 Å². The van der Waals surface area contributed by atoms with Crippen LogP contribution in [0, 0.1) is 0 Å². The molecule has 11 aromatic rings. The van der Waals surface area contributed by atoms with Crippen LogP contribution in [0.3, 0.4) is 0 Å².